The molecule has 0 saturated carbocycles. The zero-order valence-corrected chi connectivity index (χ0v) is 9.99. The number of hydrogen-bond donors (Lipinski definition) is 4. The standard InChI is InChI=1S/C3H5NO2.2C3H8O.H3N/c5-3-4-1-2-6-3;2*1-3(2)4;/h1-2H2,(H,4,5);2*3-4H,1-2H3;1H3. The van der Waals surface area contributed by atoms with E-state index in [1.54, 1.807) is 27.7 Å². The molecule has 1 aliphatic rings. The Morgan fingerprint density at radius 3 is 1.60 bits per heavy atom. The largest absolute Gasteiger partial charge is 0.448 e. The number of ether oxygens (including phenoxy) is 1. The van der Waals surface area contributed by atoms with Gasteiger partial charge in [-0.25, -0.2) is 4.79 Å². The summed E-state index contributed by atoms with van der Waals surface area (Å²) in [5.74, 6) is 0. The number of alkyl carbamates (subject to hydrolysis) is 1. The molecule has 6 N–H and O–H groups in total. The second-order valence-electron chi connectivity index (χ2n) is 3.25. The van der Waals surface area contributed by atoms with Crippen molar-refractivity contribution < 1.29 is 19.7 Å². The summed E-state index contributed by atoms with van der Waals surface area (Å²) in [6, 6.07) is 0. The highest BCUT2D eigenvalue weighted by Crippen LogP contribution is 1.82. The van der Waals surface area contributed by atoms with Gasteiger partial charge < -0.3 is 26.4 Å². The molecule has 1 rings (SSSR count). The molecule has 1 amide bonds. The number of amides is 1. The van der Waals surface area contributed by atoms with E-state index < -0.39 is 0 Å². The molecule has 1 fully saturated rings. The molecule has 1 saturated heterocycles. The summed E-state index contributed by atoms with van der Waals surface area (Å²) in [5, 5.41) is 18.6. The molecule has 0 unspecified atom stereocenters. The molecule has 0 aromatic carbocycles. The van der Waals surface area contributed by atoms with E-state index in [9.17, 15) is 4.79 Å². The highest BCUT2D eigenvalue weighted by Gasteiger charge is 2.06. The van der Waals surface area contributed by atoms with Gasteiger partial charge in [0.25, 0.3) is 0 Å². The van der Waals surface area contributed by atoms with Gasteiger partial charge >= 0.3 is 6.09 Å². The fraction of sp³-hybridized carbons (Fsp3) is 0.889. The fourth-order valence-electron chi connectivity index (χ4n) is 0.348. The molecule has 0 aromatic heterocycles. The second-order valence-corrected chi connectivity index (χ2v) is 3.25. The number of nitrogens with one attached hydrogen (secondary N) is 1. The summed E-state index contributed by atoms with van der Waals surface area (Å²) in [6.07, 6.45) is -0.630. The van der Waals surface area contributed by atoms with Gasteiger partial charge in [0.1, 0.15) is 6.61 Å². The van der Waals surface area contributed by atoms with E-state index in [0.29, 0.717) is 13.2 Å². The summed E-state index contributed by atoms with van der Waals surface area (Å²) in [4.78, 5) is 9.91. The van der Waals surface area contributed by atoms with Crippen molar-refractivity contribution in [2.75, 3.05) is 13.2 Å². The lowest BCUT2D eigenvalue weighted by Gasteiger charge is -1.80. The minimum Gasteiger partial charge on any atom is -0.448 e. The van der Waals surface area contributed by atoms with Crippen molar-refractivity contribution in [3.05, 3.63) is 0 Å². The van der Waals surface area contributed by atoms with Gasteiger partial charge in [-0.3, -0.25) is 0 Å². The summed E-state index contributed by atoms with van der Waals surface area (Å²) < 4.78 is 4.40. The van der Waals surface area contributed by atoms with E-state index in [1.165, 1.54) is 0 Å². The number of aliphatic hydroxyl groups excluding tert-OH is 2. The molecule has 1 heterocycles. The van der Waals surface area contributed by atoms with E-state index in [4.69, 9.17) is 10.2 Å². The predicted octanol–water partition coefficient (Wildman–Crippen LogP) is 0.662. The molecule has 15 heavy (non-hydrogen) atoms. The van der Waals surface area contributed by atoms with Gasteiger partial charge in [-0.05, 0) is 27.7 Å². The van der Waals surface area contributed by atoms with Crippen molar-refractivity contribution in [3.8, 4) is 0 Å². The van der Waals surface area contributed by atoms with Crippen molar-refractivity contribution >= 4 is 6.09 Å². The zero-order chi connectivity index (χ0) is 11.6. The maximum Gasteiger partial charge on any atom is 0.407 e. The molecule has 6 nitrogen and oxygen atoms in total. The Bertz CT molecular complexity index is 121. The molecule has 0 spiro atoms. The third-order valence-corrected chi connectivity index (χ3v) is 0.605. The normalized spacial score (nSPS) is 12.7. The lowest BCUT2D eigenvalue weighted by atomic mass is 10.5. The topological polar surface area (TPSA) is 114 Å². The molecule has 0 aromatic rings. The number of rotatable bonds is 0. The monoisotopic (exact) mass is 224 g/mol. The van der Waals surface area contributed by atoms with Crippen LogP contribution in [0.5, 0.6) is 0 Å². The maximum absolute atomic E-state index is 9.91. The zero-order valence-electron chi connectivity index (χ0n) is 9.99. The molecule has 6 heteroatoms. The molecule has 0 radical (unpaired) electrons. The Kier molecular flexibility index (Phi) is 17.3. The molecule has 0 atom stereocenters. The lowest BCUT2D eigenvalue weighted by molar-refractivity contribution is 0.178. The van der Waals surface area contributed by atoms with Gasteiger partial charge in [0.05, 0.1) is 6.54 Å². The highest BCUT2D eigenvalue weighted by molar-refractivity contribution is 5.68. The van der Waals surface area contributed by atoms with E-state index >= 15 is 0 Å². The minimum atomic E-state index is -0.296. The average molecular weight is 224 g/mol. The Morgan fingerprint density at radius 1 is 1.20 bits per heavy atom. The van der Waals surface area contributed by atoms with Crippen molar-refractivity contribution in [1.82, 2.24) is 11.5 Å². The first-order chi connectivity index (χ1) is 6.36. The van der Waals surface area contributed by atoms with E-state index in [0.717, 1.165) is 0 Å². The van der Waals surface area contributed by atoms with Crippen molar-refractivity contribution in [1.29, 1.82) is 0 Å². The van der Waals surface area contributed by atoms with Gasteiger partial charge in [-0.15, -0.1) is 0 Å². The molecule has 0 bridgehead atoms. The van der Waals surface area contributed by atoms with Gasteiger partial charge in [0.15, 0.2) is 0 Å². The van der Waals surface area contributed by atoms with Gasteiger partial charge in [0, 0.05) is 12.2 Å². The molecular weight excluding hydrogens is 200 g/mol. The molecular formula is C9H24N2O4. The van der Waals surface area contributed by atoms with E-state index in [1.807, 2.05) is 0 Å². The third kappa shape index (κ3) is 43.2. The lowest BCUT2D eigenvalue weighted by Crippen LogP contribution is -2.11. The van der Waals surface area contributed by atoms with Crippen LogP contribution < -0.4 is 11.5 Å². The van der Waals surface area contributed by atoms with Crippen molar-refractivity contribution in [3.63, 3.8) is 0 Å². The van der Waals surface area contributed by atoms with Gasteiger partial charge in [0.2, 0.25) is 0 Å². The fourth-order valence-corrected chi connectivity index (χ4v) is 0.348. The SMILES string of the molecule is CC(C)O.CC(C)O.N.O=C1NCCO1. The minimum absolute atomic E-state index is 0. The molecule has 1 aliphatic heterocycles. The van der Waals surface area contributed by atoms with E-state index in [-0.39, 0.29) is 24.5 Å². The van der Waals surface area contributed by atoms with Crippen LogP contribution in [0.2, 0.25) is 0 Å². The van der Waals surface area contributed by atoms with Crippen LogP contribution in [0.1, 0.15) is 27.7 Å². The van der Waals surface area contributed by atoms with Crippen LogP contribution in [-0.2, 0) is 4.74 Å². The number of hydrogen-bond acceptors (Lipinski definition) is 5. The number of carbonyl (C=O) groups is 1. The maximum atomic E-state index is 9.91. The second kappa shape index (κ2) is 13.2. The molecule has 94 valence electrons. The predicted molar refractivity (Wildman–Crippen MR) is 59.1 cm³/mol. The van der Waals surface area contributed by atoms with Crippen LogP contribution in [0.15, 0.2) is 0 Å². The number of aliphatic hydroxyl groups is 2. The average Bonchev–Trinajstić information content (AvgIpc) is 2.36. The summed E-state index contributed by atoms with van der Waals surface area (Å²) in [6.45, 7) is 8.08. The smallest absolute Gasteiger partial charge is 0.407 e. The summed E-state index contributed by atoms with van der Waals surface area (Å²) in [7, 11) is 0. The Balaban J connectivity index is -0.000000145. The van der Waals surface area contributed by atoms with Crippen LogP contribution in [0.3, 0.4) is 0 Å². The van der Waals surface area contributed by atoms with Crippen molar-refractivity contribution in [2.24, 2.45) is 0 Å². The van der Waals surface area contributed by atoms with E-state index in [2.05, 4.69) is 10.1 Å². The van der Waals surface area contributed by atoms with Gasteiger partial charge in [-0.1, -0.05) is 0 Å². The van der Waals surface area contributed by atoms with Crippen molar-refractivity contribution in [2.45, 2.75) is 39.9 Å². The van der Waals surface area contributed by atoms with Crippen LogP contribution >= 0.6 is 0 Å². The Labute approximate surface area is 91.2 Å². The van der Waals surface area contributed by atoms with Gasteiger partial charge in [-0.2, -0.15) is 0 Å². The Hall–Kier alpha value is -0.850. The first kappa shape index (κ1) is 19.7. The molecule has 0 aliphatic carbocycles. The number of cyclic esters (lactones) is 1. The third-order valence-electron chi connectivity index (χ3n) is 0.605. The Morgan fingerprint density at radius 2 is 1.53 bits per heavy atom. The first-order valence-corrected chi connectivity index (χ1v) is 4.63. The van der Waals surface area contributed by atoms with Crippen LogP contribution in [0.4, 0.5) is 4.79 Å². The first-order valence-electron chi connectivity index (χ1n) is 4.63. The highest BCUT2D eigenvalue weighted by atomic mass is 16.6. The quantitative estimate of drug-likeness (QED) is 0.482. The number of carbonyl (C=O) groups excluding carboxylic acids is 1. The van der Waals surface area contributed by atoms with Crippen LogP contribution in [-0.4, -0.2) is 41.7 Å². The summed E-state index contributed by atoms with van der Waals surface area (Å²) in [5.41, 5.74) is 0. The van der Waals surface area contributed by atoms with Crippen LogP contribution in [0.25, 0.3) is 0 Å². The summed E-state index contributed by atoms with van der Waals surface area (Å²) >= 11 is 0. The van der Waals surface area contributed by atoms with Crippen LogP contribution in [0, 0.1) is 0 Å².